The van der Waals surface area contributed by atoms with Gasteiger partial charge in [0.25, 0.3) is 0 Å². The molecular weight excluding hydrogens is 389 g/mol. The van der Waals surface area contributed by atoms with Crippen LogP contribution in [0.3, 0.4) is 0 Å². The summed E-state index contributed by atoms with van der Waals surface area (Å²) in [6.07, 6.45) is -5.08. The molecule has 3 rings (SSSR count). The van der Waals surface area contributed by atoms with Crippen LogP contribution in [-0.2, 0) is 4.79 Å². The molecule has 1 aliphatic heterocycles. The average Bonchev–Trinajstić information content (AvgIpc) is 2.65. The number of alkyl halides is 3. The second kappa shape index (κ2) is 9.84. The lowest BCUT2D eigenvalue weighted by atomic mass is 10.2. The predicted molar refractivity (Wildman–Crippen MR) is 105 cm³/mol. The predicted octanol–water partition coefficient (Wildman–Crippen LogP) is 4.50. The quantitative estimate of drug-likeness (QED) is 0.778. The minimum atomic E-state index is -5.08. The van der Waals surface area contributed by atoms with Crippen LogP contribution in [0.5, 0.6) is 0 Å². The number of aryl methyl sites for hydroxylation is 2. The first kappa shape index (κ1) is 22.1. The maximum atomic E-state index is 10.6. The smallest absolute Gasteiger partial charge is 0.475 e. The molecule has 1 saturated heterocycles. The molecule has 8 heteroatoms. The van der Waals surface area contributed by atoms with Crippen molar-refractivity contribution in [2.75, 3.05) is 31.1 Å². The zero-order chi connectivity index (χ0) is 20.7. The second-order valence-corrected chi connectivity index (χ2v) is 7.52. The van der Waals surface area contributed by atoms with Gasteiger partial charge in [0.05, 0.1) is 0 Å². The van der Waals surface area contributed by atoms with Crippen molar-refractivity contribution in [1.29, 1.82) is 0 Å². The lowest BCUT2D eigenvalue weighted by Crippen LogP contribution is -2.43. The molecule has 0 aliphatic carbocycles. The van der Waals surface area contributed by atoms with E-state index in [1.807, 2.05) is 11.8 Å². The fourth-order valence-electron chi connectivity index (χ4n) is 2.69. The number of carboxylic acids is 1. The normalized spacial score (nSPS) is 14.2. The lowest BCUT2D eigenvalue weighted by Gasteiger charge is -2.29. The topological polar surface area (TPSA) is 52.6 Å². The Morgan fingerprint density at radius 1 is 1.07 bits per heavy atom. The van der Waals surface area contributed by atoms with Crippen molar-refractivity contribution in [3.8, 4) is 0 Å². The van der Waals surface area contributed by atoms with Crippen LogP contribution < -0.4 is 10.2 Å². The third kappa shape index (κ3) is 6.76. The standard InChI is InChI=1S/C18H22N2S.C2HF3O2/c1-14-3-8-18(15(2)13-14)21-17-6-4-16(5-7-17)20-11-9-19-10-12-20;3-2(4,5)1(6)7/h3-8,13,19H,9-12H2,1-2H3;(H,6,7). The largest absolute Gasteiger partial charge is 0.490 e. The zero-order valence-corrected chi connectivity index (χ0v) is 16.5. The summed E-state index contributed by atoms with van der Waals surface area (Å²) in [6.45, 7) is 8.69. The number of nitrogens with zero attached hydrogens (tertiary/aromatic N) is 1. The minimum absolute atomic E-state index is 1.08. The van der Waals surface area contributed by atoms with E-state index in [0.29, 0.717) is 0 Å². The minimum Gasteiger partial charge on any atom is -0.475 e. The molecule has 1 fully saturated rings. The number of nitrogens with one attached hydrogen (secondary N) is 1. The zero-order valence-electron chi connectivity index (χ0n) is 15.7. The number of hydrogen-bond donors (Lipinski definition) is 2. The molecule has 0 bridgehead atoms. The number of anilines is 1. The van der Waals surface area contributed by atoms with Crippen LogP contribution in [-0.4, -0.2) is 43.4 Å². The van der Waals surface area contributed by atoms with Crippen molar-refractivity contribution >= 4 is 23.4 Å². The third-order valence-electron chi connectivity index (χ3n) is 4.12. The third-order valence-corrected chi connectivity index (χ3v) is 5.31. The first-order valence-electron chi connectivity index (χ1n) is 8.78. The van der Waals surface area contributed by atoms with Crippen molar-refractivity contribution in [2.24, 2.45) is 0 Å². The molecule has 0 atom stereocenters. The summed E-state index contributed by atoms with van der Waals surface area (Å²) in [5.41, 5.74) is 4.01. The highest BCUT2D eigenvalue weighted by Crippen LogP contribution is 2.31. The summed E-state index contributed by atoms with van der Waals surface area (Å²) in [5, 5.41) is 10.5. The second-order valence-electron chi connectivity index (χ2n) is 6.40. The summed E-state index contributed by atoms with van der Waals surface area (Å²) in [7, 11) is 0. The monoisotopic (exact) mass is 412 g/mol. The van der Waals surface area contributed by atoms with E-state index < -0.39 is 12.1 Å². The van der Waals surface area contributed by atoms with E-state index in [0.717, 1.165) is 26.2 Å². The van der Waals surface area contributed by atoms with Gasteiger partial charge in [-0.05, 0) is 49.7 Å². The van der Waals surface area contributed by atoms with E-state index in [1.165, 1.54) is 26.6 Å². The number of carboxylic acid groups (broad SMARTS) is 1. The highest BCUT2D eigenvalue weighted by molar-refractivity contribution is 7.99. The van der Waals surface area contributed by atoms with Gasteiger partial charge in [-0.2, -0.15) is 13.2 Å². The SMILES string of the molecule is Cc1ccc(Sc2ccc(N3CCNCC3)cc2)c(C)c1.O=C(O)C(F)(F)F. The van der Waals surface area contributed by atoms with Gasteiger partial charge in [0.1, 0.15) is 0 Å². The van der Waals surface area contributed by atoms with Crippen molar-refractivity contribution in [3.05, 3.63) is 53.6 Å². The van der Waals surface area contributed by atoms with Gasteiger partial charge in [-0.15, -0.1) is 0 Å². The molecule has 0 spiro atoms. The van der Waals surface area contributed by atoms with Gasteiger partial charge in [-0.3, -0.25) is 0 Å². The Morgan fingerprint density at radius 2 is 1.64 bits per heavy atom. The van der Waals surface area contributed by atoms with Gasteiger partial charge >= 0.3 is 12.1 Å². The first-order valence-corrected chi connectivity index (χ1v) is 9.59. The van der Waals surface area contributed by atoms with Crippen LogP contribution >= 0.6 is 11.8 Å². The summed E-state index contributed by atoms with van der Waals surface area (Å²) in [6, 6.07) is 15.6. The lowest BCUT2D eigenvalue weighted by molar-refractivity contribution is -0.192. The van der Waals surface area contributed by atoms with Gasteiger partial charge in [0.2, 0.25) is 0 Å². The Bertz CT molecular complexity index is 789. The van der Waals surface area contributed by atoms with E-state index >= 15 is 0 Å². The number of aliphatic carboxylic acids is 1. The van der Waals surface area contributed by atoms with Crippen molar-refractivity contribution in [2.45, 2.75) is 29.8 Å². The fraction of sp³-hybridized carbons (Fsp3) is 0.350. The van der Waals surface area contributed by atoms with E-state index in [9.17, 15) is 13.2 Å². The summed E-state index contributed by atoms with van der Waals surface area (Å²) in [4.78, 5) is 14.0. The number of rotatable bonds is 3. The molecule has 0 saturated carbocycles. The molecule has 152 valence electrons. The molecule has 0 unspecified atom stereocenters. The van der Waals surface area contributed by atoms with Crippen molar-refractivity contribution in [1.82, 2.24) is 5.32 Å². The van der Waals surface area contributed by atoms with Crippen LogP contribution in [0.25, 0.3) is 0 Å². The van der Waals surface area contributed by atoms with Crippen LogP contribution in [0.4, 0.5) is 18.9 Å². The average molecular weight is 412 g/mol. The van der Waals surface area contributed by atoms with Gasteiger partial charge in [-0.1, -0.05) is 29.5 Å². The molecule has 2 aromatic carbocycles. The molecule has 0 amide bonds. The van der Waals surface area contributed by atoms with Gasteiger partial charge in [-0.25, -0.2) is 4.79 Å². The van der Waals surface area contributed by atoms with E-state index in [2.05, 4.69) is 66.5 Å². The van der Waals surface area contributed by atoms with Crippen molar-refractivity contribution < 1.29 is 23.1 Å². The Labute approximate surface area is 166 Å². The Hall–Kier alpha value is -2.19. The maximum absolute atomic E-state index is 10.6. The molecule has 2 N–H and O–H groups in total. The Balaban J connectivity index is 0.000000345. The van der Waals surface area contributed by atoms with E-state index in [-0.39, 0.29) is 0 Å². The molecule has 1 aliphatic rings. The number of halogens is 3. The fourth-order valence-corrected chi connectivity index (χ4v) is 3.57. The molecule has 0 aromatic heterocycles. The maximum Gasteiger partial charge on any atom is 0.490 e. The highest BCUT2D eigenvalue weighted by atomic mass is 32.2. The summed E-state index contributed by atoms with van der Waals surface area (Å²) < 4.78 is 31.7. The Morgan fingerprint density at radius 3 is 2.14 bits per heavy atom. The van der Waals surface area contributed by atoms with E-state index in [4.69, 9.17) is 9.90 Å². The highest BCUT2D eigenvalue weighted by Gasteiger charge is 2.38. The number of hydrogen-bond acceptors (Lipinski definition) is 4. The molecule has 0 radical (unpaired) electrons. The van der Waals surface area contributed by atoms with Gasteiger partial charge in [0, 0.05) is 41.7 Å². The van der Waals surface area contributed by atoms with Gasteiger partial charge in [0.15, 0.2) is 0 Å². The van der Waals surface area contributed by atoms with Crippen LogP contribution in [0, 0.1) is 13.8 Å². The van der Waals surface area contributed by atoms with Crippen LogP contribution in [0.15, 0.2) is 52.3 Å². The van der Waals surface area contributed by atoms with Crippen LogP contribution in [0.1, 0.15) is 11.1 Å². The molecule has 4 nitrogen and oxygen atoms in total. The molecule has 1 heterocycles. The van der Waals surface area contributed by atoms with E-state index in [1.54, 1.807) is 0 Å². The number of carbonyl (C=O) groups is 1. The van der Waals surface area contributed by atoms with Gasteiger partial charge < -0.3 is 15.3 Å². The summed E-state index contributed by atoms with van der Waals surface area (Å²) in [5.74, 6) is -2.76. The number of piperazine rings is 1. The summed E-state index contributed by atoms with van der Waals surface area (Å²) >= 11 is 1.85. The molecular formula is C20H23F3N2O2S. The Kier molecular flexibility index (Phi) is 7.77. The molecule has 28 heavy (non-hydrogen) atoms. The van der Waals surface area contributed by atoms with Crippen LogP contribution in [0.2, 0.25) is 0 Å². The van der Waals surface area contributed by atoms with Crippen molar-refractivity contribution in [3.63, 3.8) is 0 Å². The molecule has 2 aromatic rings. The number of benzene rings is 2. The first-order chi connectivity index (χ1) is 13.2.